The van der Waals surface area contributed by atoms with Crippen LogP contribution in [0.25, 0.3) is 0 Å². The van der Waals surface area contributed by atoms with Gasteiger partial charge in [-0.2, -0.15) is 4.31 Å². The van der Waals surface area contributed by atoms with Gasteiger partial charge in [-0.25, -0.2) is 13.2 Å². The van der Waals surface area contributed by atoms with Gasteiger partial charge in [-0.05, 0) is 41.5 Å². The van der Waals surface area contributed by atoms with Crippen LogP contribution in [-0.4, -0.2) is 36.1 Å². The number of hydrogen-bond acceptors (Lipinski definition) is 3. The molecule has 0 aliphatic carbocycles. The molecule has 0 aromatic heterocycles. The predicted molar refractivity (Wildman–Crippen MR) is 85.4 cm³/mol. The zero-order valence-corrected chi connectivity index (χ0v) is 14.1. The van der Waals surface area contributed by atoms with E-state index in [-0.39, 0.29) is 16.7 Å². The third-order valence-corrected chi connectivity index (χ3v) is 6.60. The van der Waals surface area contributed by atoms with E-state index >= 15 is 0 Å². The van der Waals surface area contributed by atoms with Crippen LogP contribution in [0.3, 0.4) is 0 Å². The van der Waals surface area contributed by atoms with E-state index in [0.717, 1.165) is 17.5 Å². The Morgan fingerprint density at radius 2 is 2.00 bits per heavy atom. The summed E-state index contributed by atoms with van der Waals surface area (Å²) in [6.45, 7) is 6.66. The summed E-state index contributed by atoms with van der Waals surface area (Å²) in [6.07, 6.45) is 1.36. The summed E-state index contributed by atoms with van der Waals surface area (Å²) in [5.41, 5.74) is 1.84. The van der Waals surface area contributed by atoms with Crippen LogP contribution >= 0.6 is 0 Å². The zero-order chi connectivity index (χ0) is 16.5. The first-order valence-electron chi connectivity index (χ1n) is 7.47. The zero-order valence-electron chi connectivity index (χ0n) is 13.3. The fourth-order valence-electron chi connectivity index (χ4n) is 2.58. The van der Waals surface area contributed by atoms with Crippen LogP contribution in [-0.2, 0) is 23.0 Å². The van der Waals surface area contributed by atoms with E-state index in [1.54, 1.807) is 12.1 Å². The monoisotopic (exact) mass is 325 g/mol. The summed E-state index contributed by atoms with van der Waals surface area (Å²) in [5, 5.41) is 9.02. The Morgan fingerprint density at radius 3 is 2.59 bits per heavy atom. The molecule has 0 unspecified atom stereocenters. The molecule has 0 fully saturated rings. The minimum atomic E-state index is -3.31. The lowest BCUT2D eigenvalue weighted by atomic mass is 9.93. The van der Waals surface area contributed by atoms with Gasteiger partial charge in [0.2, 0.25) is 10.0 Å². The van der Waals surface area contributed by atoms with Crippen molar-refractivity contribution in [3.63, 3.8) is 0 Å². The Hall–Kier alpha value is -1.40. The number of sulfonamides is 1. The van der Waals surface area contributed by atoms with E-state index in [9.17, 15) is 13.2 Å². The van der Waals surface area contributed by atoms with Gasteiger partial charge in [-0.1, -0.05) is 26.8 Å². The summed E-state index contributed by atoms with van der Waals surface area (Å²) >= 11 is 0. The number of carboxylic acids is 1. The van der Waals surface area contributed by atoms with Gasteiger partial charge in [0.15, 0.2) is 0 Å². The van der Waals surface area contributed by atoms with E-state index in [2.05, 4.69) is 0 Å². The highest BCUT2D eigenvalue weighted by Crippen LogP contribution is 2.27. The van der Waals surface area contributed by atoms with E-state index in [1.165, 1.54) is 10.4 Å². The van der Waals surface area contributed by atoms with Gasteiger partial charge in [0.25, 0.3) is 0 Å². The predicted octanol–water partition coefficient (Wildman–Crippen LogP) is 2.51. The normalized spacial score (nSPS) is 16.3. The maximum absolute atomic E-state index is 12.6. The second-order valence-corrected chi connectivity index (χ2v) is 8.62. The van der Waals surface area contributed by atoms with Crippen LogP contribution in [0.2, 0.25) is 0 Å². The number of nitrogens with zero attached hydrogens (tertiary/aromatic N) is 1. The maximum Gasteiger partial charge on any atom is 0.335 e. The third kappa shape index (κ3) is 3.67. The standard InChI is InChI=1S/C16H23NO4S/c1-4-16(2,3)11-22(20,21)17-8-7-12-9-13(15(18)19)5-6-14(12)10-17/h5-6,9H,4,7-8,10-11H2,1-3H3,(H,18,19). The second kappa shape index (κ2) is 6.01. The molecule has 0 amide bonds. The molecule has 1 N–H and O–H groups in total. The van der Waals surface area contributed by atoms with Crippen molar-refractivity contribution < 1.29 is 18.3 Å². The summed E-state index contributed by atoms with van der Waals surface area (Å²) in [5.74, 6) is -0.818. The van der Waals surface area contributed by atoms with Gasteiger partial charge in [0, 0.05) is 13.1 Å². The molecule has 5 nitrogen and oxygen atoms in total. The number of carbonyl (C=O) groups is 1. The van der Waals surface area contributed by atoms with E-state index < -0.39 is 16.0 Å². The Labute approximate surface area is 132 Å². The lowest BCUT2D eigenvalue weighted by Gasteiger charge is -2.31. The molecule has 1 aromatic carbocycles. The van der Waals surface area contributed by atoms with Crippen LogP contribution < -0.4 is 0 Å². The molecule has 0 radical (unpaired) electrons. The molecule has 2 rings (SSSR count). The molecule has 22 heavy (non-hydrogen) atoms. The van der Waals surface area contributed by atoms with Gasteiger partial charge in [-0.15, -0.1) is 0 Å². The van der Waals surface area contributed by atoms with E-state index in [0.29, 0.717) is 19.5 Å². The molecule has 0 saturated heterocycles. The Balaban J connectivity index is 2.20. The summed E-state index contributed by atoms with van der Waals surface area (Å²) in [6, 6.07) is 4.91. The average Bonchev–Trinajstić information content (AvgIpc) is 2.45. The highest BCUT2D eigenvalue weighted by molar-refractivity contribution is 7.89. The Morgan fingerprint density at radius 1 is 1.32 bits per heavy atom. The smallest absolute Gasteiger partial charge is 0.335 e. The van der Waals surface area contributed by atoms with Gasteiger partial charge < -0.3 is 5.11 Å². The first kappa shape index (κ1) is 17.0. The summed E-state index contributed by atoms with van der Waals surface area (Å²) in [4.78, 5) is 11.0. The molecule has 0 atom stereocenters. The molecule has 0 saturated carbocycles. The molecular formula is C16H23NO4S. The second-order valence-electron chi connectivity index (χ2n) is 6.65. The molecule has 122 valence electrons. The molecule has 1 aliphatic heterocycles. The van der Waals surface area contributed by atoms with Gasteiger partial charge >= 0.3 is 5.97 Å². The number of fused-ring (bicyclic) bond motifs is 1. The van der Waals surface area contributed by atoms with Crippen LogP contribution in [0.1, 0.15) is 48.7 Å². The van der Waals surface area contributed by atoms with Crippen molar-refractivity contribution in [3.8, 4) is 0 Å². The Kier molecular flexibility index (Phi) is 4.63. The lowest BCUT2D eigenvalue weighted by Crippen LogP contribution is -2.40. The minimum absolute atomic E-state index is 0.138. The Bertz CT molecular complexity index is 679. The molecule has 1 aliphatic rings. The topological polar surface area (TPSA) is 74.7 Å². The molecule has 0 bridgehead atoms. The summed E-state index contributed by atoms with van der Waals surface area (Å²) < 4.78 is 26.7. The number of benzene rings is 1. The van der Waals surface area contributed by atoms with Crippen molar-refractivity contribution in [2.75, 3.05) is 12.3 Å². The van der Waals surface area contributed by atoms with Crippen molar-refractivity contribution in [1.29, 1.82) is 0 Å². The highest BCUT2D eigenvalue weighted by Gasteiger charge is 2.32. The fraction of sp³-hybridized carbons (Fsp3) is 0.562. The van der Waals surface area contributed by atoms with Crippen LogP contribution in [0, 0.1) is 5.41 Å². The summed E-state index contributed by atoms with van der Waals surface area (Å²) in [7, 11) is -3.31. The maximum atomic E-state index is 12.6. The van der Waals surface area contributed by atoms with E-state index in [4.69, 9.17) is 5.11 Å². The van der Waals surface area contributed by atoms with E-state index in [1.807, 2.05) is 20.8 Å². The molecule has 1 heterocycles. The minimum Gasteiger partial charge on any atom is -0.478 e. The van der Waals surface area contributed by atoms with Crippen molar-refractivity contribution in [3.05, 3.63) is 34.9 Å². The lowest BCUT2D eigenvalue weighted by molar-refractivity contribution is 0.0696. The number of hydrogen-bond donors (Lipinski definition) is 1. The van der Waals surface area contributed by atoms with Gasteiger partial charge in [0.1, 0.15) is 0 Å². The molecule has 0 spiro atoms. The van der Waals surface area contributed by atoms with Crippen molar-refractivity contribution in [2.45, 2.75) is 40.2 Å². The van der Waals surface area contributed by atoms with Crippen LogP contribution in [0.15, 0.2) is 18.2 Å². The van der Waals surface area contributed by atoms with Gasteiger partial charge in [-0.3, -0.25) is 0 Å². The van der Waals surface area contributed by atoms with Crippen LogP contribution in [0.5, 0.6) is 0 Å². The van der Waals surface area contributed by atoms with Gasteiger partial charge in [0.05, 0.1) is 11.3 Å². The number of rotatable bonds is 5. The fourth-order valence-corrected chi connectivity index (χ4v) is 4.66. The van der Waals surface area contributed by atoms with Crippen molar-refractivity contribution in [1.82, 2.24) is 4.31 Å². The van der Waals surface area contributed by atoms with Crippen molar-refractivity contribution in [2.24, 2.45) is 5.41 Å². The average molecular weight is 325 g/mol. The number of carboxylic acid groups (broad SMARTS) is 1. The highest BCUT2D eigenvalue weighted by atomic mass is 32.2. The molecule has 1 aromatic rings. The largest absolute Gasteiger partial charge is 0.478 e. The quantitative estimate of drug-likeness (QED) is 0.902. The first-order chi connectivity index (χ1) is 10.1. The van der Waals surface area contributed by atoms with Crippen molar-refractivity contribution >= 4 is 16.0 Å². The van der Waals surface area contributed by atoms with Crippen LogP contribution in [0.4, 0.5) is 0 Å². The molecule has 6 heteroatoms. The third-order valence-electron chi connectivity index (χ3n) is 4.35. The molecular weight excluding hydrogens is 302 g/mol. The first-order valence-corrected chi connectivity index (χ1v) is 9.08. The number of aromatic carboxylic acids is 1. The SMILES string of the molecule is CCC(C)(C)CS(=O)(=O)N1CCc2cc(C(=O)O)ccc2C1.